The molecule has 134 valence electrons. The summed E-state index contributed by atoms with van der Waals surface area (Å²) in [5.74, 6) is 0.0719. The smallest absolute Gasteiger partial charge is 0.248 e. The van der Waals surface area contributed by atoms with Crippen LogP contribution >= 0.6 is 24.8 Å². The van der Waals surface area contributed by atoms with Gasteiger partial charge in [0.15, 0.2) is 0 Å². The third-order valence-corrected chi connectivity index (χ3v) is 4.69. The summed E-state index contributed by atoms with van der Waals surface area (Å²) >= 11 is 0. The second kappa shape index (κ2) is 8.87. The summed E-state index contributed by atoms with van der Waals surface area (Å²) in [7, 11) is 4.06. The third kappa shape index (κ3) is 4.83. The van der Waals surface area contributed by atoms with Gasteiger partial charge in [-0.2, -0.15) is 5.10 Å². The molecule has 0 bridgehead atoms. The van der Waals surface area contributed by atoms with Gasteiger partial charge < -0.3 is 15.5 Å². The predicted molar refractivity (Wildman–Crippen MR) is 97.6 cm³/mol. The largest absolute Gasteiger partial charge is 0.352 e. The molecule has 0 saturated carbocycles. The maximum Gasteiger partial charge on any atom is 0.248 e. The lowest BCUT2D eigenvalue weighted by molar-refractivity contribution is -0.132. The molecule has 0 aliphatic carbocycles. The van der Waals surface area contributed by atoms with E-state index in [0.717, 1.165) is 25.9 Å². The van der Waals surface area contributed by atoms with Crippen molar-refractivity contribution < 1.29 is 4.79 Å². The molecular formula is C15H29Cl2N5O. The fraction of sp³-hybridized carbons (Fsp3) is 0.733. The van der Waals surface area contributed by atoms with Crippen molar-refractivity contribution in [3.8, 4) is 0 Å². The van der Waals surface area contributed by atoms with Gasteiger partial charge in [-0.1, -0.05) is 0 Å². The number of hydrogen-bond acceptors (Lipinski definition) is 4. The predicted octanol–water partition coefficient (Wildman–Crippen LogP) is 1.26. The molecule has 1 aliphatic heterocycles. The van der Waals surface area contributed by atoms with E-state index in [9.17, 15) is 4.79 Å². The first-order valence-corrected chi connectivity index (χ1v) is 7.55. The van der Waals surface area contributed by atoms with Gasteiger partial charge in [0.2, 0.25) is 5.91 Å². The van der Waals surface area contributed by atoms with Gasteiger partial charge in [0.05, 0.1) is 0 Å². The van der Waals surface area contributed by atoms with E-state index in [1.165, 1.54) is 0 Å². The van der Waals surface area contributed by atoms with Crippen LogP contribution in [0.3, 0.4) is 0 Å². The van der Waals surface area contributed by atoms with Crippen molar-refractivity contribution in [2.24, 2.45) is 0 Å². The van der Waals surface area contributed by atoms with Crippen LogP contribution in [-0.4, -0.2) is 59.9 Å². The number of nitrogens with one attached hydrogen (secondary N) is 2. The van der Waals surface area contributed by atoms with Crippen molar-refractivity contribution in [1.29, 1.82) is 0 Å². The molecular weight excluding hydrogens is 337 g/mol. The molecule has 2 heterocycles. The summed E-state index contributed by atoms with van der Waals surface area (Å²) < 4.78 is 1.83. The zero-order valence-electron chi connectivity index (χ0n) is 14.3. The lowest BCUT2D eigenvalue weighted by Gasteiger charge is -2.38. The minimum atomic E-state index is -0.558. The van der Waals surface area contributed by atoms with E-state index in [1.54, 1.807) is 6.20 Å². The molecule has 2 rings (SSSR count). The number of piperidine rings is 1. The number of aromatic nitrogens is 2. The fourth-order valence-corrected chi connectivity index (χ4v) is 2.54. The lowest BCUT2D eigenvalue weighted by Crippen LogP contribution is -2.57. The molecule has 1 saturated heterocycles. The Labute approximate surface area is 151 Å². The summed E-state index contributed by atoms with van der Waals surface area (Å²) in [5, 5.41) is 10.8. The second-order valence-electron chi connectivity index (χ2n) is 6.62. The summed E-state index contributed by atoms with van der Waals surface area (Å²) in [6.07, 6.45) is 5.16. The van der Waals surface area contributed by atoms with Crippen molar-refractivity contribution >= 4 is 30.7 Å². The van der Waals surface area contributed by atoms with E-state index in [-0.39, 0.29) is 36.3 Å². The Balaban J connectivity index is 0.00000242. The first kappa shape index (κ1) is 22.2. The monoisotopic (exact) mass is 365 g/mol. The lowest BCUT2D eigenvalue weighted by atomic mass is 9.87. The van der Waals surface area contributed by atoms with Crippen LogP contribution in [-0.2, 0) is 10.3 Å². The van der Waals surface area contributed by atoms with Crippen LogP contribution in [0.15, 0.2) is 18.5 Å². The van der Waals surface area contributed by atoms with Crippen molar-refractivity contribution in [2.75, 3.05) is 33.7 Å². The minimum absolute atomic E-state index is 0. The Bertz CT molecular complexity index is 470. The third-order valence-electron chi connectivity index (χ3n) is 4.69. The molecule has 23 heavy (non-hydrogen) atoms. The number of rotatable bonds is 5. The summed E-state index contributed by atoms with van der Waals surface area (Å²) in [4.78, 5) is 15.0. The van der Waals surface area contributed by atoms with Crippen molar-refractivity contribution in [1.82, 2.24) is 25.3 Å². The highest BCUT2D eigenvalue weighted by molar-refractivity contribution is 5.85. The minimum Gasteiger partial charge on any atom is -0.352 e. The molecule has 1 aromatic heterocycles. The van der Waals surface area contributed by atoms with Gasteiger partial charge >= 0.3 is 0 Å². The highest BCUT2D eigenvalue weighted by atomic mass is 35.5. The Morgan fingerprint density at radius 3 is 2.43 bits per heavy atom. The first-order valence-electron chi connectivity index (χ1n) is 7.55. The maximum absolute atomic E-state index is 12.9. The first-order chi connectivity index (χ1) is 9.88. The summed E-state index contributed by atoms with van der Waals surface area (Å²) in [6.45, 7) is 6.54. The molecule has 1 fully saturated rings. The number of amides is 1. The van der Waals surface area contributed by atoms with Gasteiger partial charge in [0, 0.05) is 24.5 Å². The van der Waals surface area contributed by atoms with Crippen molar-refractivity contribution in [2.45, 2.75) is 37.8 Å². The standard InChI is InChI=1S/C15H27N5O.2ClH/c1-14(2,19(3)4)12-17-13(21)15(6-9-16-10-7-15)20-11-5-8-18-20;;/h5,8,11,16H,6-7,9-10,12H2,1-4H3,(H,17,21);2*1H. The number of likely N-dealkylation sites (N-methyl/N-ethyl adjacent to an activating group) is 1. The molecule has 1 amide bonds. The van der Waals surface area contributed by atoms with E-state index in [2.05, 4.69) is 34.5 Å². The number of carbonyl (C=O) groups excluding carboxylic acids is 1. The average molecular weight is 366 g/mol. The van der Waals surface area contributed by atoms with E-state index < -0.39 is 5.54 Å². The number of nitrogens with zero attached hydrogens (tertiary/aromatic N) is 3. The molecule has 8 heteroatoms. The number of hydrogen-bond donors (Lipinski definition) is 2. The van der Waals surface area contributed by atoms with Crippen molar-refractivity contribution in [3.05, 3.63) is 18.5 Å². The van der Waals surface area contributed by atoms with Gasteiger partial charge in [0.25, 0.3) is 0 Å². The number of carbonyl (C=O) groups is 1. The molecule has 0 unspecified atom stereocenters. The summed E-state index contributed by atoms with van der Waals surface area (Å²) in [5.41, 5.74) is -0.634. The highest BCUT2D eigenvalue weighted by Crippen LogP contribution is 2.27. The molecule has 1 aliphatic rings. The van der Waals surface area contributed by atoms with Gasteiger partial charge in [-0.15, -0.1) is 24.8 Å². The zero-order valence-corrected chi connectivity index (χ0v) is 16.0. The van der Waals surface area contributed by atoms with Gasteiger partial charge in [-0.25, -0.2) is 0 Å². The van der Waals surface area contributed by atoms with Crippen LogP contribution in [0.25, 0.3) is 0 Å². The molecule has 1 aromatic rings. The van der Waals surface area contributed by atoms with Gasteiger partial charge in [-0.3, -0.25) is 9.48 Å². The van der Waals surface area contributed by atoms with Crippen LogP contribution in [0.1, 0.15) is 26.7 Å². The van der Waals surface area contributed by atoms with Crippen LogP contribution < -0.4 is 10.6 Å². The second-order valence-corrected chi connectivity index (χ2v) is 6.62. The van der Waals surface area contributed by atoms with Crippen LogP contribution in [0.5, 0.6) is 0 Å². The molecule has 2 N–H and O–H groups in total. The van der Waals surface area contributed by atoms with E-state index in [4.69, 9.17) is 0 Å². The molecule has 6 nitrogen and oxygen atoms in total. The zero-order chi connectivity index (χ0) is 15.5. The SMILES string of the molecule is CN(C)C(C)(C)CNC(=O)C1(n2cccn2)CCNCC1.Cl.Cl. The van der Waals surface area contributed by atoms with E-state index >= 15 is 0 Å². The Morgan fingerprint density at radius 2 is 1.96 bits per heavy atom. The van der Waals surface area contributed by atoms with Crippen LogP contribution in [0.4, 0.5) is 0 Å². The van der Waals surface area contributed by atoms with Crippen LogP contribution in [0.2, 0.25) is 0 Å². The topological polar surface area (TPSA) is 62.2 Å². The average Bonchev–Trinajstić information content (AvgIpc) is 3.00. The van der Waals surface area contributed by atoms with E-state index in [1.807, 2.05) is 31.0 Å². The quantitative estimate of drug-likeness (QED) is 0.824. The molecule has 0 radical (unpaired) electrons. The normalized spacial score (nSPS) is 17.1. The van der Waals surface area contributed by atoms with Gasteiger partial charge in [0.1, 0.15) is 5.54 Å². The highest BCUT2D eigenvalue weighted by Gasteiger charge is 2.42. The number of halogens is 2. The van der Waals surface area contributed by atoms with E-state index in [0.29, 0.717) is 6.54 Å². The van der Waals surface area contributed by atoms with Gasteiger partial charge in [-0.05, 0) is 59.9 Å². The molecule has 0 spiro atoms. The maximum atomic E-state index is 12.9. The Kier molecular flexibility index (Phi) is 8.56. The fourth-order valence-electron chi connectivity index (χ4n) is 2.54. The Morgan fingerprint density at radius 1 is 1.35 bits per heavy atom. The Hall–Kier alpha value is -0.820. The summed E-state index contributed by atoms with van der Waals surface area (Å²) in [6, 6.07) is 1.88. The molecule has 0 aromatic carbocycles. The van der Waals surface area contributed by atoms with Crippen molar-refractivity contribution in [3.63, 3.8) is 0 Å². The molecule has 0 atom stereocenters. The van der Waals surface area contributed by atoms with Crippen LogP contribution in [0, 0.1) is 0 Å².